The molecule has 0 amide bonds. The fraction of sp³-hybridized carbons (Fsp3) is 0.875. The second-order valence-electron chi connectivity index (χ2n) is 11.0. The third kappa shape index (κ3) is 2.67. The SMILES string of the molecule is COC(=O)C(C)(C)C1=CC[C@@]2(C)[C@@H](CC[C@@H]3[C@H]2CC[C@]2(C)[C@@H](O)CC[C@@H]32)C1. The molecule has 0 heterocycles. The monoisotopic (exact) mass is 374 g/mol. The summed E-state index contributed by atoms with van der Waals surface area (Å²) in [4.78, 5) is 12.3. The Hall–Kier alpha value is -0.830. The van der Waals surface area contributed by atoms with Crippen molar-refractivity contribution in [3.8, 4) is 0 Å². The lowest BCUT2D eigenvalue weighted by Crippen LogP contribution is -2.53. The second kappa shape index (κ2) is 6.34. The summed E-state index contributed by atoms with van der Waals surface area (Å²) in [7, 11) is 1.50. The molecule has 4 aliphatic carbocycles. The predicted octanol–water partition coefficient (Wildman–Crippen LogP) is 5.13. The summed E-state index contributed by atoms with van der Waals surface area (Å²) < 4.78 is 5.08. The van der Waals surface area contributed by atoms with Gasteiger partial charge in [-0.15, -0.1) is 0 Å². The van der Waals surface area contributed by atoms with Gasteiger partial charge in [-0.05, 0) is 99.7 Å². The van der Waals surface area contributed by atoms with Gasteiger partial charge in [0.25, 0.3) is 0 Å². The van der Waals surface area contributed by atoms with E-state index in [2.05, 4.69) is 19.9 Å². The first-order valence-electron chi connectivity index (χ1n) is 11.1. The summed E-state index contributed by atoms with van der Waals surface area (Å²) in [5.74, 6) is 2.84. The number of carbonyl (C=O) groups is 1. The van der Waals surface area contributed by atoms with E-state index in [0.29, 0.717) is 17.3 Å². The van der Waals surface area contributed by atoms with E-state index in [1.54, 1.807) is 0 Å². The van der Waals surface area contributed by atoms with Crippen molar-refractivity contribution in [2.45, 2.75) is 85.2 Å². The molecule has 3 heteroatoms. The van der Waals surface area contributed by atoms with Crippen LogP contribution >= 0.6 is 0 Å². The molecule has 0 aromatic carbocycles. The minimum Gasteiger partial charge on any atom is -0.468 e. The van der Waals surface area contributed by atoms with E-state index in [1.165, 1.54) is 44.8 Å². The Morgan fingerprint density at radius 1 is 1.11 bits per heavy atom. The maximum atomic E-state index is 12.3. The van der Waals surface area contributed by atoms with Crippen LogP contribution in [0.4, 0.5) is 0 Å². The fourth-order valence-corrected chi connectivity index (χ4v) is 7.75. The molecular formula is C24H38O3. The Labute approximate surface area is 164 Å². The summed E-state index contributed by atoms with van der Waals surface area (Å²) in [5.41, 5.74) is 1.29. The number of aliphatic hydroxyl groups is 1. The van der Waals surface area contributed by atoms with Crippen LogP contribution in [0, 0.1) is 39.9 Å². The van der Waals surface area contributed by atoms with Gasteiger partial charge in [-0.1, -0.05) is 25.5 Å². The van der Waals surface area contributed by atoms with Crippen LogP contribution in [-0.2, 0) is 9.53 Å². The number of methoxy groups -OCH3 is 1. The maximum absolute atomic E-state index is 12.3. The highest BCUT2D eigenvalue weighted by molar-refractivity contribution is 5.79. The highest BCUT2D eigenvalue weighted by atomic mass is 16.5. The zero-order chi connectivity index (χ0) is 19.6. The first-order valence-corrected chi connectivity index (χ1v) is 11.1. The standard InChI is InChI=1S/C24H38O3/c1-22(2,21(26)27-5)15-10-12-23(3)16(14-15)6-7-17-18-8-9-20(25)24(18,4)13-11-19(17)23/h10,16-20,25H,6-9,11-14H2,1-5H3/t16-,17-,18-,19+,20-,23-,24-/m0/s1. The fourth-order valence-electron chi connectivity index (χ4n) is 7.75. The molecule has 0 bridgehead atoms. The molecule has 0 aromatic rings. The molecule has 27 heavy (non-hydrogen) atoms. The minimum atomic E-state index is -0.506. The highest BCUT2D eigenvalue weighted by Crippen LogP contribution is 2.66. The Balaban J connectivity index is 1.59. The number of hydrogen-bond acceptors (Lipinski definition) is 3. The Morgan fingerprint density at radius 3 is 2.52 bits per heavy atom. The number of carbonyl (C=O) groups excluding carboxylic acids is 1. The molecule has 0 radical (unpaired) electrons. The Morgan fingerprint density at radius 2 is 1.81 bits per heavy atom. The second-order valence-corrected chi connectivity index (χ2v) is 11.0. The largest absolute Gasteiger partial charge is 0.468 e. The van der Waals surface area contributed by atoms with Crippen LogP contribution in [0.25, 0.3) is 0 Å². The van der Waals surface area contributed by atoms with Crippen molar-refractivity contribution in [1.29, 1.82) is 0 Å². The third-order valence-electron chi connectivity index (χ3n) is 9.77. The molecule has 0 spiro atoms. The van der Waals surface area contributed by atoms with Crippen LogP contribution in [-0.4, -0.2) is 24.3 Å². The molecule has 0 saturated heterocycles. The van der Waals surface area contributed by atoms with Gasteiger partial charge >= 0.3 is 5.97 Å². The third-order valence-corrected chi connectivity index (χ3v) is 9.77. The number of allylic oxidation sites excluding steroid dienone is 1. The number of hydrogen-bond donors (Lipinski definition) is 1. The molecule has 3 nitrogen and oxygen atoms in total. The lowest BCUT2D eigenvalue weighted by Gasteiger charge is -2.60. The van der Waals surface area contributed by atoms with E-state index in [-0.39, 0.29) is 17.5 Å². The van der Waals surface area contributed by atoms with E-state index in [9.17, 15) is 9.90 Å². The predicted molar refractivity (Wildman–Crippen MR) is 107 cm³/mol. The summed E-state index contributed by atoms with van der Waals surface area (Å²) in [6.07, 6.45) is 11.7. The van der Waals surface area contributed by atoms with Gasteiger partial charge in [0, 0.05) is 0 Å². The molecule has 7 atom stereocenters. The van der Waals surface area contributed by atoms with Crippen LogP contribution in [0.3, 0.4) is 0 Å². The Bertz CT molecular complexity index is 650. The van der Waals surface area contributed by atoms with Crippen LogP contribution in [0.5, 0.6) is 0 Å². The van der Waals surface area contributed by atoms with Crippen LogP contribution in [0.15, 0.2) is 11.6 Å². The van der Waals surface area contributed by atoms with Gasteiger partial charge < -0.3 is 9.84 Å². The van der Waals surface area contributed by atoms with Gasteiger partial charge in [0.1, 0.15) is 0 Å². The Kier molecular flexibility index (Phi) is 4.57. The van der Waals surface area contributed by atoms with Crippen molar-refractivity contribution in [2.24, 2.45) is 39.9 Å². The number of ether oxygens (including phenoxy) is 1. The van der Waals surface area contributed by atoms with Crippen LogP contribution < -0.4 is 0 Å². The van der Waals surface area contributed by atoms with Gasteiger partial charge in [-0.2, -0.15) is 0 Å². The number of fused-ring (bicyclic) bond motifs is 5. The van der Waals surface area contributed by atoms with E-state index in [1.807, 2.05) is 13.8 Å². The number of aliphatic hydroxyl groups excluding tert-OH is 1. The molecule has 1 N–H and O–H groups in total. The van der Waals surface area contributed by atoms with Crippen molar-refractivity contribution in [3.05, 3.63) is 11.6 Å². The lowest BCUT2D eigenvalue weighted by molar-refractivity contribution is -0.149. The van der Waals surface area contributed by atoms with Crippen LogP contribution in [0.1, 0.15) is 79.1 Å². The van der Waals surface area contributed by atoms with E-state index >= 15 is 0 Å². The normalized spacial score (nSPS) is 46.7. The maximum Gasteiger partial charge on any atom is 0.315 e. The molecule has 152 valence electrons. The number of rotatable bonds is 2. The molecule has 0 aliphatic heterocycles. The zero-order valence-electron chi connectivity index (χ0n) is 17.9. The molecule has 4 aliphatic rings. The molecule has 0 unspecified atom stereocenters. The topological polar surface area (TPSA) is 46.5 Å². The highest BCUT2D eigenvalue weighted by Gasteiger charge is 2.59. The lowest BCUT2D eigenvalue weighted by atomic mass is 9.45. The van der Waals surface area contributed by atoms with Crippen molar-refractivity contribution in [2.75, 3.05) is 7.11 Å². The molecule has 4 rings (SSSR count). The van der Waals surface area contributed by atoms with Crippen LogP contribution in [0.2, 0.25) is 0 Å². The van der Waals surface area contributed by atoms with Gasteiger partial charge in [-0.25, -0.2) is 0 Å². The molecule has 3 saturated carbocycles. The average Bonchev–Trinajstić information content (AvgIpc) is 2.95. The smallest absolute Gasteiger partial charge is 0.315 e. The first-order chi connectivity index (χ1) is 12.6. The number of esters is 1. The van der Waals surface area contributed by atoms with Crippen molar-refractivity contribution in [1.82, 2.24) is 0 Å². The summed E-state index contributed by atoms with van der Waals surface area (Å²) >= 11 is 0. The van der Waals surface area contributed by atoms with E-state index in [0.717, 1.165) is 31.1 Å². The van der Waals surface area contributed by atoms with Gasteiger partial charge in [0.05, 0.1) is 18.6 Å². The zero-order valence-corrected chi connectivity index (χ0v) is 17.9. The minimum absolute atomic E-state index is 0.0901. The van der Waals surface area contributed by atoms with Gasteiger partial charge in [-0.3, -0.25) is 4.79 Å². The first kappa shape index (κ1) is 19.5. The van der Waals surface area contributed by atoms with Crippen molar-refractivity contribution >= 4 is 5.97 Å². The van der Waals surface area contributed by atoms with E-state index in [4.69, 9.17) is 4.74 Å². The van der Waals surface area contributed by atoms with Gasteiger partial charge in [0.2, 0.25) is 0 Å². The summed E-state index contributed by atoms with van der Waals surface area (Å²) in [6, 6.07) is 0. The molecule has 3 fully saturated rings. The quantitative estimate of drug-likeness (QED) is 0.539. The average molecular weight is 375 g/mol. The van der Waals surface area contributed by atoms with Gasteiger partial charge in [0.15, 0.2) is 0 Å². The summed E-state index contributed by atoms with van der Waals surface area (Å²) in [5, 5.41) is 10.6. The van der Waals surface area contributed by atoms with E-state index < -0.39 is 5.41 Å². The van der Waals surface area contributed by atoms with Crippen molar-refractivity contribution in [3.63, 3.8) is 0 Å². The summed E-state index contributed by atoms with van der Waals surface area (Å²) in [6.45, 7) is 8.93. The van der Waals surface area contributed by atoms with Crippen molar-refractivity contribution < 1.29 is 14.6 Å². The molecule has 0 aromatic heterocycles. The molecular weight excluding hydrogens is 336 g/mol.